The van der Waals surface area contributed by atoms with Gasteiger partial charge in [0.2, 0.25) is 10.0 Å². The third kappa shape index (κ3) is 5.54. The van der Waals surface area contributed by atoms with Crippen LogP contribution in [0.3, 0.4) is 0 Å². The first-order chi connectivity index (χ1) is 16.7. The maximum atomic E-state index is 13.3. The number of fused-ring (bicyclic) bond motifs is 2. The molecule has 1 aliphatic heterocycles. The van der Waals surface area contributed by atoms with E-state index >= 15 is 0 Å². The number of ether oxygens (including phenoxy) is 1. The molecule has 0 unspecified atom stereocenters. The number of para-hydroxylation sites is 2. The predicted octanol–water partition coefficient (Wildman–Crippen LogP) is 5.02. The molecule has 0 spiro atoms. The Morgan fingerprint density at radius 3 is 2.14 bits per heavy atom. The van der Waals surface area contributed by atoms with Crippen LogP contribution in [0.5, 0.6) is 0 Å². The molecule has 4 rings (SSSR count). The van der Waals surface area contributed by atoms with Crippen LogP contribution in [0.4, 0.5) is 11.4 Å². The summed E-state index contributed by atoms with van der Waals surface area (Å²) in [6.45, 7) is 2.82. The van der Waals surface area contributed by atoms with Gasteiger partial charge in [-0.05, 0) is 48.4 Å². The van der Waals surface area contributed by atoms with Gasteiger partial charge in [0, 0.05) is 14.8 Å². The number of carbonyl (C=O) groups excluding carboxylic acids is 2. The number of halogens is 1. The second kappa shape index (κ2) is 10.4. The minimum atomic E-state index is -4.04. The summed E-state index contributed by atoms with van der Waals surface area (Å²) in [5.74, 6) is -1.72. The third-order valence-corrected chi connectivity index (χ3v) is 8.13. The average Bonchev–Trinajstić information content (AvgIpc) is 2.84. The highest BCUT2D eigenvalue weighted by Gasteiger charge is 2.32. The predicted molar refractivity (Wildman–Crippen MR) is 136 cm³/mol. The fourth-order valence-corrected chi connectivity index (χ4v) is 6.28. The van der Waals surface area contributed by atoms with Crippen LogP contribution in [0, 0.1) is 5.92 Å². The molecule has 1 atom stereocenters. The van der Waals surface area contributed by atoms with E-state index in [4.69, 9.17) is 16.3 Å². The Hall–Kier alpha value is -2.85. The molecule has 0 aliphatic carbocycles. The summed E-state index contributed by atoms with van der Waals surface area (Å²) in [4.78, 5) is 29.4. The highest BCUT2D eigenvalue weighted by Crippen LogP contribution is 2.47. The van der Waals surface area contributed by atoms with Crippen LogP contribution >= 0.6 is 23.4 Å². The van der Waals surface area contributed by atoms with Crippen molar-refractivity contribution in [2.24, 2.45) is 5.92 Å². The van der Waals surface area contributed by atoms with E-state index in [2.05, 4.69) is 4.72 Å². The Kier molecular flexibility index (Phi) is 7.51. The summed E-state index contributed by atoms with van der Waals surface area (Å²) in [7, 11) is -4.04. The number of benzene rings is 3. The fourth-order valence-electron chi connectivity index (χ4n) is 3.59. The molecule has 35 heavy (non-hydrogen) atoms. The van der Waals surface area contributed by atoms with Gasteiger partial charge in [-0.3, -0.25) is 14.5 Å². The number of hydrogen-bond donors (Lipinski definition) is 1. The van der Waals surface area contributed by atoms with E-state index in [9.17, 15) is 18.0 Å². The summed E-state index contributed by atoms with van der Waals surface area (Å²) in [6, 6.07) is 19.5. The highest BCUT2D eigenvalue weighted by molar-refractivity contribution is 7.99. The summed E-state index contributed by atoms with van der Waals surface area (Å²) in [5, 5.41) is 0.252. The zero-order valence-corrected chi connectivity index (χ0v) is 21.4. The first-order valence-electron chi connectivity index (χ1n) is 10.8. The largest absolute Gasteiger partial charge is 0.454 e. The van der Waals surface area contributed by atoms with Crippen molar-refractivity contribution in [2.75, 3.05) is 11.5 Å². The minimum Gasteiger partial charge on any atom is -0.454 e. The van der Waals surface area contributed by atoms with E-state index in [0.717, 1.165) is 9.79 Å². The first-order valence-corrected chi connectivity index (χ1v) is 13.5. The molecule has 1 heterocycles. The molecule has 7 nitrogen and oxygen atoms in total. The molecule has 0 radical (unpaired) electrons. The van der Waals surface area contributed by atoms with Gasteiger partial charge in [-0.25, -0.2) is 8.42 Å². The van der Waals surface area contributed by atoms with Gasteiger partial charge in [0.15, 0.2) is 6.61 Å². The van der Waals surface area contributed by atoms with Crippen LogP contribution < -0.4 is 9.62 Å². The molecule has 0 saturated heterocycles. The van der Waals surface area contributed by atoms with Crippen molar-refractivity contribution in [2.45, 2.75) is 34.6 Å². The first kappa shape index (κ1) is 25.2. The Morgan fingerprint density at radius 2 is 1.57 bits per heavy atom. The quantitative estimate of drug-likeness (QED) is 0.431. The van der Waals surface area contributed by atoms with Gasteiger partial charge < -0.3 is 4.74 Å². The number of hydrogen-bond acceptors (Lipinski definition) is 6. The zero-order chi connectivity index (χ0) is 25.2. The fraction of sp³-hybridized carbons (Fsp3) is 0.200. The van der Waals surface area contributed by atoms with E-state index in [0.29, 0.717) is 11.4 Å². The standard InChI is InChI=1S/C25H23ClN2O5S2/c1-16(2)24(27-35(31,32)18-9-7-8-17(26)14-18)25(30)33-15-23(29)28-19-10-3-5-12-21(19)34-22-13-6-4-11-20(22)28/h3-14,16,24,27H,15H2,1-2H3/t24-/m0/s1. The third-order valence-electron chi connectivity index (χ3n) is 5.33. The topological polar surface area (TPSA) is 92.8 Å². The molecular formula is C25H23ClN2O5S2. The molecule has 1 N–H and O–H groups in total. The van der Waals surface area contributed by atoms with Crippen molar-refractivity contribution >= 4 is 56.6 Å². The number of carbonyl (C=O) groups is 2. The molecule has 1 aliphatic rings. The van der Waals surface area contributed by atoms with Gasteiger partial charge in [0.25, 0.3) is 5.91 Å². The van der Waals surface area contributed by atoms with E-state index in [1.165, 1.54) is 23.1 Å². The lowest BCUT2D eigenvalue weighted by atomic mass is 10.1. The molecular weight excluding hydrogens is 508 g/mol. The number of esters is 1. The van der Waals surface area contributed by atoms with E-state index < -0.39 is 40.5 Å². The molecule has 3 aromatic rings. The molecule has 1 amide bonds. The van der Waals surface area contributed by atoms with Crippen molar-refractivity contribution in [1.82, 2.24) is 4.72 Å². The number of nitrogens with zero attached hydrogens (tertiary/aromatic N) is 1. The summed E-state index contributed by atoms with van der Waals surface area (Å²) < 4.78 is 33.3. The number of nitrogens with one attached hydrogen (secondary N) is 1. The molecule has 0 saturated carbocycles. The molecule has 3 aromatic carbocycles. The SMILES string of the molecule is CC(C)[C@H](NS(=O)(=O)c1cccc(Cl)c1)C(=O)OCC(=O)N1c2ccccc2Sc2ccccc21. The highest BCUT2D eigenvalue weighted by atomic mass is 35.5. The number of rotatable bonds is 7. The van der Waals surface area contributed by atoms with Crippen molar-refractivity contribution in [3.05, 3.63) is 77.8 Å². The smallest absolute Gasteiger partial charge is 0.324 e. The lowest BCUT2D eigenvalue weighted by molar-refractivity contribution is -0.150. The second-order valence-electron chi connectivity index (χ2n) is 8.17. The average molecular weight is 531 g/mol. The lowest BCUT2D eigenvalue weighted by Crippen LogP contribution is -2.46. The molecule has 182 valence electrons. The monoisotopic (exact) mass is 530 g/mol. The van der Waals surface area contributed by atoms with Gasteiger partial charge in [-0.2, -0.15) is 4.72 Å². The van der Waals surface area contributed by atoms with Crippen LogP contribution in [-0.2, 0) is 24.3 Å². The maximum absolute atomic E-state index is 13.3. The maximum Gasteiger partial charge on any atom is 0.324 e. The van der Waals surface area contributed by atoms with Crippen molar-refractivity contribution in [3.8, 4) is 0 Å². The van der Waals surface area contributed by atoms with Crippen molar-refractivity contribution in [3.63, 3.8) is 0 Å². The summed E-state index contributed by atoms with van der Waals surface area (Å²) >= 11 is 7.47. The molecule has 0 fully saturated rings. The molecule has 10 heteroatoms. The van der Waals surface area contributed by atoms with Gasteiger partial charge in [0.05, 0.1) is 16.3 Å². The number of anilines is 2. The van der Waals surface area contributed by atoms with Crippen LogP contribution in [0.1, 0.15) is 13.8 Å². The Balaban J connectivity index is 1.51. The normalized spacial score (nSPS) is 13.7. The zero-order valence-electron chi connectivity index (χ0n) is 19.0. The summed E-state index contributed by atoms with van der Waals surface area (Å²) in [6.07, 6.45) is 0. The van der Waals surface area contributed by atoms with Crippen LogP contribution in [-0.4, -0.2) is 32.9 Å². The van der Waals surface area contributed by atoms with Gasteiger partial charge in [0.1, 0.15) is 6.04 Å². The number of sulfonamides is 1. The van der Waals surface area contributed by atoms with Crippen molar-refractivity contribution in [1.29, 1.82) is 0 Å². The van der Waals surface area contributed by atoms with Crippen LogP contribution in [0.15, 0.2) is 87.5 Å². The Morgan fingerprint density at radius 1 is 0.971 bits per heavy atom. The van der Waals surface area contributed by atoms with E-state index in [1.807, 2.05) is 48.5 Å². The second-order valence-corrected chi connectivity index (χ2v) is 11.4. The Labute approximate surface area is 213 Å². The van der Waals surface area contributed by atoms with Gasteiger partial charge in [-0.1, -0.05) is 67.5 Å². The van der Waals surface area contributed by atoms with Gasteiger partial charge >= 0.3 is 5.97 Å². The van der Waals surface area contributed by atoms with Crippen molar-refractivity contribution < 1.29 is 22.7 Å². The molecule has 0 aromatic heterocycles. The summed E-state index contributed by atoms with van der Waals surface area (Å²) in [5.41, 5.74) is 1.39. The lowest BCUT2D eigenvalue weighted by Gasteiger charge is -2.31. The van der Waals surface area contributed by atoms with E-state index in [1.54, 1.807) is 31.7 Å². The molecule has 0 bridgehead atoms. The number of amides is 1. The Bertz CT molecular complexity index is 1330. The van der Waals surface area contributed by atoms with Crippen LogP contribution in [0.2, 0.25) is 5.02 Å². The van der Waals surface area contributed by atoms with E-state index in [-0.39, 0.29) is 9.92 Å². The minimum absolute atomic E-state index is 0.0708. The van der Waals surface area contributed by atoms with Gasteiger partial charge in [-0.15, -0.1) is 0 Å². The van der Waals surface area contributed by atoms with Crippen LogP contribution in [0.25, 0.3) is 0 Å².